The maximum atomic E-state index is 11.8. The molecule has 5 heteroatoms. The highest BCUT2D eigenvalue weighted by Gasteiger charge is 2.14. The van der Waals surface area contributed by atoms with Crippen molar-refractivity contribution < 1.29 is 9.84 Å². The van der Waals surface area contributed by atoms with Crippen molar-refractivity contribution in [2.45, 2.75) is 47.1 Å². The molecular weight excluding hydrogens is 256 g/mol. The van der Waals surface area contributed by atoms with E-state index in [0.29, 0.717) is 12.3 Å². The van der Waals surface area contributed by atoms with E-state index >= 15 is 0 Å². The molecule has 0 saturated heterocycles. The van der Waals surface area contributed by atoms with Gasteiger partial charge >= 0.3 is 5.69 Å². The molecule has 0 aliphatic heterocycles. The second-order valence-corrected chi connectivity index (χ2v) is 6.03. The smallest absolute Gasteiger partial charge is 0.351 e. The Bertz CT molecular complexity index is 530. The van der Waals surface area contributed by atoms with Crippen LogP contribution in [0.4, 0.5) is 0 Å². The van der Waals surface area contributed by atoms with Gasteiger partial charge in [-0.3, -0.25) is 4.57 Å². The van der Waals surface area contributed by atoms with Crippen molar-refractivity contribution in [2.75, 3.05) is 6.61 Å². The summed E-state index contributed by atoms with van der Waals surface area (Å²) in [4.78, 5) is 15.7. The number of aromatic nitrogens is 2. The van der Waals surface area contributed by atoms with Crippen molar-refractivity contribution >= 4 is 0 Å². The molecule has 0 unspecified atom stereocenters. The van der Waals surface area contributed by atoms with Gasteiger partial charge in [0.25, 0.3) is 0 Å². The number of aliphatic hydroxyl groups is 1. The third-order valence-electron chi connectivity index (χ3n) is 3.02. The summed E-state index contributed by atoms with van der Waals surface area (Å²) in [6, 6.07) is 0.0728. The molecule has 1 rings (SSSR count). The first kappa shape index (κ1) is 16.4. The van der Waals surface area contributed by atoms with Gasteiger partial charge in [-0.05, 0) is 38.7 Å². The highest BCUT2D eigenvalue weighted by atomic mass is 16.5. The lowest BCUT2D eigenvalue weighted by atomic mass is 9.91. The lowest BCUT2D eigenvalue weighted by Gasteiger charge is -2.18. The number of aryl methyl sites for hydroxylation is 1. The van der Waals surface area contributed by atoms with Gasteiger partial charge in [0, 0.05) is 24.4 Å². The van der Waals surface area contributed by atoms with Gasteiger partial charge in [0.15, 0.2) is 0 Å². The average Bonchev–Trinajstić information content (AvgIpc) is 2.37. The van der Waals surface area contributed by atoms with Crippen LogP contribution >= 0.6 is 0 Å². The molecule has 0 saturated carbocycles. The number of ether oxygens (including phenoxy) is 1. The van der Waals surface area contributed by atoms with E-state index in [4.69, 9.17) is 9.84 Å². The van der Waals surface area contributed by atoms with Crippen LogP contribution in [-0.2, 0) is 0 Å². The first-order chi connectivity index (χ1) is 9.26. The molecule has 0 aliphatic rings. The molecule has 0 aromatic carbocycles. The third kappa shape index (κ3) is 4.49. The summed E-state index contributed by atoms with van der Waals surface area (Å²) < 4.78 is 6.98. The molecular formula is C15H24N2O3. The van der Waals surface area contributed by atoms with Crippen molar-refractivity contribution in [3.8, 4) is 5.88 Å². The van der Waals surface area contributed by atoms with Crippen LogP contribution in [0.3, 0.4) is 0 Å². The van der Waals surface area contributed by atoms with Gasteiger partial charge in [-0.15, -0.1) is 0 Å². The Balaban J connectivity index is 2.77. The minimum absolute atomic E-state index is 0.0728. The summed E-state index contributed by atoms with van der Waals surface area (Å²) >= 11 is 0. The zero-order valence-electron chi connectivity index (χ0n) is 12.9. The van der Waals surface area contributed by atoms with Crippen molar-refractivity contribution in [2.24, 2.45) is 5.41 Å². The summed E-state index contributed by atoms with van der Waals surface area (Å²) in [5.41, 5.74) is 0.317. The molecule has 5 nitrogen and oxygen atoms in total. The highest BCUT2D eigenvalue weighted by Crippen LogP contribution is 2.19. The van der Waals surface area contributed by atoms with Gasteiger partial charge in [0.05, 0.1) is 6.26 Å². The molecule has 0 radical (unpaired) electrons. The van der Waals surface area contributed by atoms with E-state index in [1.807, 2.05) is 40.7 Å². The fraction of sp³-hybridized carbons (Fsp3) is 0.600. The van der Waals surface area contributed by atoms with E-state index in [9.17, 15) is 4.79 Å². The molecule has 0 amide bonds. The van der Waals surface area contributed by atoms with Crippen LogP contribution < -0.4 is 10.4 Å². The molecule has 20 heavy (non-hydrogen) atoms. The monoisotopic (exact) mass is 280 g/mol. The number of rotatable bonds is 6. The summed E-state index contributed by atoms with van der Waals surface area (Å²) in [7, 11) is 0. The highest BCUT2D eigenvalue weighted by molar-refractivity contribution is 5.21. The summed E-state index contributed by atoms with van der Waals surface area (Å²) in [5.74, 6) is 0.324. The average molecular weight is 280 g/mol. The van der Waals surface area contributed by atoms with Crippen LogP contribution in [0.25, 0.3) is 0 Å². The van der Waals surface area contributed by atoms with Gasteiger partial charge in [-0.25, -0.2) is 4.79 Å². The second-order valence-electron chi connectivity index (χ2n) is 6.03. The fourth-order valence-electron chi connectivity index (χ4n) is 1.59. The Hall–Kier alpha value is -1.62. The molecule has 0 bridgehead atoms. The van der Waals surface area contributed by atoms with Crippen molar-refractivity contribution in [3.63, 3.8) is 0 Å². The maximum Gasteiger partial charge on any atom is 0.351 e. The molecule has 1 heterocycles. The van der Waals surface area contributed by atoms with E-state index in [2.05, 4.69) is 4.98 Å². The fourth-order valence-corrected chi connectivity index (χ4v) is 1.59. The minimum Gasteiger partial charge on any atom is -0.447 e. The molecule has 1 aromatic rings. The van der Waals surface area contributed by atoms with Crippen LogP contribution in [0, 0.1) is 12.3 Å². The van der Waals surface area contributed by atoms with E-state index < -0.39 is 0 Å². The largest absolute Gasteiger partial charge is 0.447 e. The second kappa shape index (κ2) is 6.70. The zero-order valence-corrected chi connectivity index (χ0v) is 12.9. The van der Waals surface area contributed by atoms with E-state index in [0.717, 1.165) is 5.56 Å². The van der Waals surface area contributed by atoms with Crippen LogP contribution in [-0.4, -0.2) is 21.3 Å². The molecule has 0 atom stereocenters. The van der Waals surface area contributed by atoms with Crippen LogP contribution in [0.5, 0.6) is 5.88 Å². The number of hydrogen-bond donors (Lipinski definition) is 1. The Kier molecular flexibility index (Phi) is 5.51. The van der Waals surface area contributed by atoms with Crippen LogP contribution in [0.1, 0.15) is 45.7 Å². The lowest BCUT2D eigenvalue weighted by molar-refractivity contribution is 0.162. The SMILES string of the molecule is Cc1cn(C(C)C)c(=O)nc1O/C=C/CC(C)(C)CO. The van der Waals surface area contributed by atoms with E-state index in [1.54, 1.807) is 10.8 Å². The molecule has 112 valence electrons. The Morgan fingerprint density at radius 2 is 2.15 bits per heavy atom. The maximum absolute atomic E-state index is 11.8. The minimum atomic E-state index is -0.315. The lowest BCUT2D eigenvalue weighted by Crippen LogP contribution is -2.24. The quantitative estimate of drug-likeness (QED) is 0.813. The Morgan fingerprint density at radius 3 is 2.70 bits per heavy atom. The predicted octanol–water partition coefficient (Wildman–Crippen LogP) is 2.43. The molecule has 1 aromatic heterocycles. The van der Waals surface area contributed by atoms with Crippen molar-refractivity contribution in [1.29, 1.82) is 0 Å². The van der Waals surface area contributed by atoms with Gasteiger partial charge in [0.2, 0.25) is 5.88 Å². The first-order valence-corrected chi connectivity index (χ1v) is 6.79. The molecule has 1 N–H and O–H groups in total. The number of hydrogen-bond acceptors (Lipinski definition) is 4. The number of allylic oxidation sites excluding steroid dienone is 1. The van der Waals surface area contributed by atoms with Crippen molar-refractivity contribution in [3.05, 3.63) is 34.6 Å². The Morgan fingerprint density at radius 1 is 1.50 bits per heavy atom. The summed E-state index contributed by atoms with van der Waals surface area (Å²) in [6.07, 6.45) is 5.78. The van der Waals surface area contributed by atoms with Crippen LogP contribution in [0.15, 0.2) is 23.3 Å². The van der Waals surface area contributed by atoms with E-state index in [-0.39, 0.29) is 23.8 Å². The topological polar surface area (TPSA) is 64.4 Å². The van der Waals surface area contributed by atoms with Crippen molar-refractivity contribution in [1.82, 2.24) is 9.55 Å². The molecule has 0 fully saturated rings. The molecule has 0 aliphatic carbocycles. The Labute approximate surface area is 119 Å². The predicted molar refractivity (Wildman–Crippen MR) is 78.9 cm³/mol. The first-order valence-electron chi connectivity index (χ1n) is 6.79. The van der Waals surface area contributed by atoms with E-state index in [1.165, 1.54) is 6.26 Å². The summed E-state index contributed by atoms with van der Waals surface area (Å²) in [6.45, 7) is 9.75. The van der Waals surface area contributed by atoms with Gasteiger partial charge in [-0.2, -0.15) is 4.98 Å². The standard InChI is InChI=1S/C15H24N2O3/c1-11(2)17-9-12(3)13(16-14(17)19)20-8-6-7-15(4,5)10-18/h6,8-9,11,18H,7,10H2,1-5H3/b8-6+. The van der Waals surface area contributed by atoms with Crippen LogP contribution in [0.2, 0.25) is 0 Å². The van der Waals surface area contributed by atoms with Gasteiger partial charge < -0.3 is 9.84 Å². The van der Waals surface area contributed by atoms with Gasteiger partial charge in [0.1, 0.15) is 0 Å². The summed E-state index contributed by atoms with van der Waals surface area (Å²) in [5, 5.41) is 9.14. The number of aliphatic hydroxyl groups excluding tert-OH is 1. The number of nitrogens with zero attached hydrogens (tertiary/aromatic N) is 2. The van der Waals surface area contributed by atoms with Gasteiger partial charge in [-0.1, -0.05) is 13.8 Å². The zero-order chi connectivity index (χ0) is 15.3. The molecule has 0 spiro atoms. The third-order valence-corrected chi connectivity index (χ3v) is 3.02. The normalized spacial score (nSPS) is 12.3.